The van der Waals surface area contributed by atoms with E-state index in [1.165, 1.54) is 17.0 Å². The van der Waals surface area contributed by atoms with Crippen LogP contribution in [0, 0.1) is 0 Å². The van der Waals surface area contributed by atoms with Gasteiger partial charge in [0, 0.05) is 17.7 Å². The number of anilines is 2. The maximum Gasteiger partial charge on any atom is 0.300 e. The number of rotatable bonds is 5. The van der Waals surface area contributed by atoms with Crippen molar-refractivity contribution in [2.24, 2.45) is 0 Å². The van der Waals surface area contributed by atoms with Crippen molar-refractivity contribution < 1.29 is 29.3 Å². The van der Waals surface area contributed by atoms with E-state index in [0.717, 1.165) is 4.90 Å². The fourth-order valence-electron chi connectivity index (χ4n) is 5.09. The lowest BCUT2D eigenvalue weighted by Gasteiger charge is -2.34. The topological polar surface area (TPSA) is 107 Å². The summed E-state index contributed by atoms with van der Waals surface area (Å²) in [4.78, 5) is 43.9. The molecule has 8 heteroatoms. The van der Waals surface area contributed by atoms with E-state index < -0.39 is 28.9 Å². The summed E-state index contributed by atoms with van der Waals surface area (Å²) < 4.78 is 5.46. The van der Waals surface area contributed by atoms with Crippen molar-refractivity contribution in [3.63, 3.8) is 0 Å². The first kappa shape index (κ1) is 23.2. The number of aromatic hydroxyl groups is 1. The summed E-state index contributed by atoms with van der Waals surface area (Å²) in [5.41, 5.74) is -1.23. The van der Waals surface area contributed by atoms with Gasteiger partial charge in [0.2, 0.25) is 0 Å². The number of Topliss-reactive ketones (excluding diaryl/α,β-unsaturated/α-hetero) is 1. The van der Waals surface area contributed by atoms with Crippen LogP contribution in [0.3, 0.4) is 0 Å². The molecule has 2 amide bonds. The van der Waals surface area contributed by atoms with Crippen LogP contribution in [0.5, 0.6) is 11.5 Å². The molecule has 0 saturated carbocycles. The van der Waals surface area contributed by atoms with Crippen LogP contribution in [0.2, 0.25) is 0 Å². The van der Waals surface area contributed by atoms with Gasteiger partial charge in [-0.15, -0.1) is 0 Å². The van der Waals surface area contributed by atoms with Gasteiger partial charge in [0.05, 0.1) is 23.6 Å². The minimum atomic E-state index is -2.00. The fraction of sp³-hybridized carbons (Fsp3) is 0.179. The molecule has 36 heavy (non-hydrogen) atoms. The van der Waals surface area contributed by atoms with Crippen molar-refractivity contribution in [2.45, 2.75) is 19.4 Å². The molecule has 182 valence electrons. The van der Waals surface area contributed by atoms with Gasteiger partial charge >= 0.3 is 5.91 Å². The highest BCUT2D eigenvalue weighted by Gasteiger charge is 2.67. The van der Waals surface area contributed by atoms with E-state index >= 15 is 0 Å². The highest BCUT2D eigenvalue weighted by molar-refractivity contribution is 6.55. The molecule has 0 radical (unpaired) electrons. The molecule has 1 fully saturated rings. The molecule has 2 heterocycles. The van der Waals surface area contributed by atoms with Crippen LogP contribution in [0.15, 0.2) is 78.4 Å². The average Bonchev–Trinajstić information content (AvgIpc) is 3.27. The second kappa shape index (κ2) is 8.57. The Morgan fingerprint density at radius 3 is 2.17 bits per heavy atom. The van der Waals surface area contributed by atoms with Crippen LogP contribution >= 0.6 is 0 Å². The Morgan fingerprint density at radius 1 is 0.889 bits per heavy atom. The summed E-state index contributed by atoms with van der Waals surface area (Å²) in [5, 5.41) is 22.2. The Labute approximate surface area is 207 Å². The number of likely N-dealkylation sites (N-methyl/N-ethyl adjacent to an activating group) is 1. The quantitative estimate of drug-likeness (QED) is 0.323. The third-order valence-electron chi connectivity index (χ3n) is 6.58. The van der Waals surface area contributed by atoms with Gasteiger partial charge in [0.15, 0.2) is 5.54 Å². The van der Waals surface area contributed by atoms with Crippen molar-refractivity contribution in [1.82, 2.24) is 0 Å². The number of fused-ring (bicyclic) bond motifs is 2. The van der Waals surface area contributed by atoms with Crippen LogP contribution in [0.1, 0.15) is 25.0 Å². The van der Waals surface area contributed by atoms with Gasteiger partial charge in [-0.25, -0.2) is 0 Å². The SMILES string of the molecule is CCOc1ccc(/C(O)=C2\C(=O)C(=O)N(c3ccccc3O)C23C(=O)N(CC)c2ccccc23)cc1. The maximum absolute atomic E-state index is 14.2. The summed E-state index contributed by atoms with van der Waals surface area (Å²) in [5.74, 6) is -2.81. The average molecular weight is 485 g/mol. The first-order chi connectivity index (χ1) is 17.4. The molecule has 0 aromatic heterocycles. The van der Waals surface area contributed by atoms with Crippen LogP contribution in [-0.4, -0.2) is 41.0 Å². The van der Waals surface area contributed by atoms with E-state index in [9.17, 15) is 24.6 Å². The van der Waals surface area contributed by atoms with Gasteiger partial charge in [0.1, 0.15) is 17.3 Å². The molecule has 0 bridgehead atoms. The first-order valence-corrected chi connectivity index (χ1v) is 11.6. The molecule has 3 aromatic carbocycles. The molecule has 2 N–H and O–H groups in total. The summed E-state index contributed by atoms with van der Waals surface area (Å²) in [6, 6.07) is 19.2. The Bertz CT molecular complexity index is 1430. The molecular weight excluding hydrogens is 460 g/mol. The number of para-hydroxylation sites is 3. The lowest BCUT2D eigenvalue weighted by atomic mass is 9.81. The van der Waals surface area contributed by atoms with Crippen molar-refractivity contribution in [1.29, 1.82) is 0 Å². The van der Waals surface area contributed by atoms with Gasteiger partial charge in [-0.1, -0.05) is 30.3 Å². The number of benzene rings is 3. The molecular formula is C28H24N2O6. The normalized spacial score (nSPS) is 20.3. The molecule has 2 aliphatic rings. The van der Waals surface area contributed by atoms with Gasteiger partial charge < -0.3 is 19.8 Å². The van der Waals surface area contributed by atoms with Gasteiger partial charge in [0.25, 0.3) is 11.7 Å². The van der Waals surface area contributed by atoms with Crippen molar-refractivity contribution >= 4 is 34.7 Å². The van der Waals surface area contributed by atoms with E-state index in [4.69, 9.17) is 4.74 Å². The first-order valence-electron chi connectivity index (χ1n) is 11.6. The van der Waals surface area contributed by atoms with Gasteiger partial charge in [-0.3, -0.25) is 19.3 Å². The number of ketones is 1. The van der Waals surface area contributed by atoms with E-state index in [0.29, 0.717) is 23.6 Å². The minimum absolute atomic E-state index is 0.00792. The third kappa shape index (κ3) is 3.04. The molecule has 0 aliphatic carbocycles. The Hall–Kier alpha value is -4.59. The number of aliphatic hydroxyl groups is 1. The molecule has 1 saturated heterocycles. The summed E-state index contributed by atoms with van der Waals surface area (Å²) in [7, 11) is 0. The Morgan fingerprint density at radius 2 is 1.53 bits per heavy atom. The van der Waals surface area contributed by atoms with Crippen LogP contribution in [-0.2, 0) is 19.9 Å². The number of nitrogens with zero attached hydrogens (tertiary/aromatic N) is 2. The van der Waals surface area contributed by atoms with Gasteiger partial charge in [-0.2, -0.15) is 0 Å². The number of amides is 2. The molecule has 2 aliphatic heterocycles. The second-order valence-electron chi connectivity index (χ2n) is 8.42. The minimum Gasteiger partial charge on any atom is -0.507 e. The van der Waals surface area contributed by atoms with E-state index in [1.54, 1.807) is 67.6 Å². The standard InChI is InChI=1S/C28H24N2O6/c1-3-29-20-10-6-5-9-19(20)28(27(29)35)23(24(32)17-13-15-18(16-14-17)36-4-2)25(33)26(34)30(28)21-11-7-8-12-22(21)31/h5-16,31-32H,3-4H2,1-2H3/b24-23-. The summed E-state index contributed by atoms with van der Waals surface area (Å²) in [6.07, 6.45) is 0. The van der Waals surface area contributed by atoms with Gasteiger partial charge in [-0.05, 0) is 56.3 Å². The molecule has 8 nitrogen and oxygen atoms in total. The zero-order valence-electron chi connectivity index (χ0n) is 19.8. The number of carbonyl (C=O) groups excluding carboxylic acids is 3. The zero-order valence-corrected chi connectivity index (χ0v) is 19.8. The van der Waals surface area contributed by atoms with Crippen molar-refractivity contribution in [3.8, 4) is 11.5 Å². The highest BCUT2D eigenvalue weighted by Crippen LogP contribution is 2.55. The number of hydrogen-bond acceptors (Lipinski definition) is 6. The second-order valence-corrected chi connectivity index (χ2v) is 8.42. The zero-order chi connectivity index (χ0) is 25.6. The number of carbonyl (C=O) groups is 3. The lowest BCUT2D eigenvalue weighted by Crippen LogP contribution is -2.52. The number of phenols is 1. The predicted molar refractivity (Wildman–Crippen MR) is 134 cm³/mol. The van der Waals surface area contributed by atoms with E-state index in [2.05, 4.69) is 0 Å². The molecule has 1 unspecified atom stereocenters. The molecule has 5 rings (SSSR count). The largest absolute Gasteiger partial charge is 0.507 e. The maximum atomic E-state index is 14.2. The Kier molecular flexibility index (Phi) is 5.51. The fourth-order valence-corrected chi connectivity index (χ4v) is 5.09. The van der Waals surface area contributed by atoms with Crippen molar-refractivity contribution in [2.75, 3.05) is 23.0 Å². The van der Waals surface area contributed by atoms with Crippen molar-refractivity contribution in [3.05, 3.63) is 89.5 Å². The molecule has 1 spiro atoms. The summed E-state index contributed by atoms with van der Waals surface area (Å²) in [6.45, 7) is 4.35. The lowest BCUT2D eigenvalue weighted by molar-refractivity contribution is -0.132. The number of hydrogen-bond donors (Lipinski definition) is 2. The third-order valence-corrected chi connectivity index (χ3v) is 6.58. The van der Waals surface area contributed by atoms with E-state index in [-0.39, 0.29) is 29.1 Å². The molecule has 3 aromatic rings. The predicted octanol–water partition coefficient (Wildman–Crippen LogP) is 3.94. The Balaban J connectivity index is 1.86. The van der Waals surface area contributed by atoms with Crippen LogP contribution in [0.25, 0.3) is 5.76 Å². The monoisotopic (exact) mass is 484 g/mol. The summed E-state index contributed by atoms with van der Waals surface area (Å²) >= 11 is 0. The molecule has 1 atom stereocenters. The van der Waals surface area contributed by atoms with Crippen LogP contribution in [0.4, 0.5) is 11.4 Å². The number of ether oxygens (including phenoxy) is 1. The van der Waals surface area contributed by atoms with Crippen LogP contribution < -0.4 is 14.5 Å². The number of phenolic OH excluding ortho intramolecular Hbond substituents is 1. The highest BCUT2D eigenvalue weighted by atomic mass is 16.5. The van der Waals surface area contributed by atoms with E-state index in [1.807, 2.05) is 6.92 Å². The smallest absolute Gasteiger partial charge is 0.300 e. The number of aliphatic hydroxyl groups excluding tert-OH is 1.